The van der Waals surface area contributed by atoms with Crippen LogP contribution in [0.4, 0.5) is 5.00 Å². The number of rotatable bonds is 5. The van der Waals surface area contributed by atoms with E-state index in [0.29, 0.717) is 22.2 Å². The molecule has 6 heteroatoms. The van der Waals surface area contributed by atoms with E-state index in [1.165, 1.54) is 16.9 Å². The summed E-state index contributed by atoms with van der Waals surface area (Å²) in [4.78, 5) is 25.9. The molecule has 1 aliphatic rings. The molecular weight excluding hydrogens is 408 g/mol. The predicted molar refractivity (Wildman–Crippen MR) is 127 cm³/mol. The molecule has 1 aromatic carbocycles. The van der Waals surface area contributed by atoms with Gasteiger partial charge < -0.3 is 15.8 Å². The molecule has 3 N–H and O–H groups in total. The van der Waals surface area contributed by atoms with E-state index in [4.69, 9.17) is 10.5 Å². The minimum Gasteiger partial charge on any atom is -0.484 e. The highest BCUT2D eigenvalue weighted by Gasteiger charge is 2.33. The number of amides is 2. The van der Waals surface area contributed by atoms with Gasteiger partial charge in [0.2, 0.25) is 0 Å². The van der Waals surface area contributed by atoms with Gasteiger partial charge in [-0.1, -0.05) is 53.7 Å². The van der Waals surface area contributed by atoms with E-state index < -0.39 is 5.91 Å². The van der Waals surface area contributed by atoms with Gasteiger partial charge >= 0.3 is 0 Å². The Morgan fingerprint density at radius 2 is 1.77 bits per heavy atom. The Morgan fingerprint density at radius 3 is 2.32 bits per heavy atom. The Morgan fingerprint density at radius 1 is 1.13 bits per heavy atom. The van der Waals surface area contributed by atoms with Crippen molar-refractivity contribution in [1.82, 2.24) is 0 Å². The van der Waals surface area contributed by atoms with Crippen LogP contribution in [0.25, 0.3) is 0 Å². The van der Waals surface area contributed by atoms with Crippen molar-refractivity contribution in [2.75, 3.05) is 11.9 Å². The minimum absolute atomic E-state index is 0.0609. The van der Waals surface area contributed by atoms with Crippen LogP contribution in [0.5, 0.6) is 5.75 Å². The Hall–Kier alpha value is -2.34. The number of primary amides is 1. The number of anilines is 1. The molecule has 2 aromatic rings. The van der Waals surface area contributed by atoms with Gasteiger partial charge in [0, 0.05) is 4.88 Å². The highest BCUT2D eigenvalue weighted by atomic mass is 32.1. The molecule has 0 saturated carbocycles. The van der Waals surface area contributed by atoms with E-state index in [-0.39, 0.29) is 23.3 Å². The highest BCUT2D eigenvalue weighted by molar-refractivity contribution is 7.17. The van der Waals surface area contributed by atoms with Crippen LogP contribution in [0.2, 0.25) is 0 Å². The fraction of sp³-hybridized carbons (Fsp3) is 0.520. The maximum atomic E-state index is 12.5. The lowest BCUT2D eigenvalue weighted by molar-refractivity contribution is -0.118. The van der Waals surface area contributed by atoms with Crippen LogP contribution in [0.3, 0.4) is 0 Å². The number of thiophene rings is 1. The largest absolute Gasteiger partial charge is 0.484 e. The summed E-state index contributed by atoms with van der Waals surface area (Å²) in [6, 6.07) is 7.77. The third kappa shape index (κ3) is 5.48. The molecule has 2 amide bonds. The zero-order valence-corrected chi connectivity index (χ0v) is 20.2. The summed E-state index contributed by atoms with van der Waals surface area (Å²) in [6.07, 6.45) is 2.75. The average molecular weight is 443 g/mol. The van der Waals surface area contributed by atoms with Gasteiger partial charge in [-0.05, 0) is 59.3 Å². The summed E-state index contributed by atoms with van der Waals surface area (Å²) < 4.78 is 5.65. The second-order valence-corrected chi connectivity index (χ2v) is 11.6. The topological polar surface area (TPSA) is 81.4 Å². The van der Waals surface area contributed by atoms with Crippen LogP contribution < -0.4 is 15.8 Å². The van der Waals surface area contributed by atoms with Crippen LogP contribution >= 0.6 is 11.3 Å². The number of fused-ring (bicyclic) bond motifs is 1. The Labute approximate surface area is 189 Å². The molecule has 0 fully saturated rings. The normalized spacial score (nSPS) is 16.5. The lowest BCUT2D eigenvalue weighted by Gasteiger charge is -2.33. The van der Waals surface area contributed by atoms with Crippen molar-refractivity contribution >= 4 is 28.2 Å². The first kappa shape index (κ1) is 23.3. The SMILES string of the molecule is CC(C)(C)c1ccc(OCC(=O)Nc2sc3c(c2C(N)=O)CC[C@@H](C(C)(C)C)C3)cc1. The molecule has 0 bridgehead atoms. The first-order valence-electron chi connectivity index (χ1n) is 10.8. The van der Waals surface area contributed by atoms with Crippen molar-refractivity contribution in [2.24, 2.45) is 17.1 Å². The van der Waals surface area contributed by atoms with E-state index in [0.717, 1.165) is 29.7 Å². The predicted octanol–water partition coefficient (Wildman–Crippen LogP) is 5.31. The number of ether oxygens (including phenoxy) is 1. The lowest BCUT2D eigenvalue weighted by atomic mass is 9.72. The van der Waals surface area contributed by atoms with Crippen molar-refractivity contribution < 1.29 is 14.3 Å². The van der Waals surface area contributed by atoms with Crippen LogP contribution in [0.15, 0.2) is 24.3 Å². The average Bonchev–Trinajstić information content (AvgIpc) is 3.02. The molecule has 0 aliphatic heterocycles. The molecule has 31 heavy (non-hydrogen) atoms. The molecule has 0 radical (unpaired) electrons. The van der Waals surface area contributed by atoms with E-state index in [1.807, 2.05) is 24.3 Å². The molecule has 1 atom stereocenters. The summed E-state index contributed by atoms with van der Waals surface area (Å²) in [5.41, 5.74) is 8.62. The maximum absolute atomic E-state index is 12.5. The van der Waals surface area contributed by atoms with E-state index in [1.54, 1.807) is 0 Å². The van der Waals surface area contributed by atoms with Crippen LogP contribution in [-0.4, -0.2) is 18.4 Å². The second-order valence-electron chi connectivity index (χ2n) is 10.5. The Bertz CT molecular complexity index is 962. The van der Waals surface area contributed by atoms with Crippen molar-refractivity contribution in [1.29, 1.82) is 0 Å². The van der Waals surface area contributed by atoms with E-state index in [2.05, 4.69) is 46.9 Å². The number of nitrogens with one attached hydrogen (secondary N) is 1. The van der Waals surface area contributed by atoms with Crippen molar-refractivity contribution in [3.8, 4) is 5.75 Å². The van der Waals surface area contributed by atoms with Gasteiger partial charge in [-0.3, -0.25) is 9.59 Å². The van der Waals surface area contributed by atoms with Gasteiger partial charge in [0.15, 0.2) is 6.61 Å². The molecule has 5 nitrogen and oxygen atoms in total. The molecule has 168 valence electrons. The smallest absolute Gasteiger partial charge is 0.262 e. The number of hydrogen-bond acceptors (Lipinski definition) is 4. The molecule has 0 spiro atoms. The molecule has 0 saturated heterocycles. The number of carbonyl (C=O) groups excluding carboxylic acids is 2. The molecule has 3 rings (SSSR count). The first-order valence-corrected chi connectivity index (χ1v) is 11.7. The monoisotopic (exact) mass is 442 g/mol. The van der Waals surface area contributed by atoms with Crippen molar-refractivity contribution in [3.05, 3.63) is 45.8 Å². The van der Waals surface area contributed by atoms with Gasteiger partial charge in [-0.15, -0.1) is 11.3 Å². The molecule has 1 aromatic heterocycles. The van der Waals surface area contributed by atoms with Crippen LogP contribution in [0.1, 0.15) is 74.3 Å². The zero-order chi connectivity index (χ0) is 23.0. The third-order valence-corrected chi connectivity index (χ3v) is 7.25. The molecule has 0 unspecified atom stereocenters. The van der Waals surface area contributed by atoms with Crippen LogP contribution in [0, 0.1) is 11.3 Å². The summed E-state index contributed by atoms with van der Waals surface area (Å²) in [6.45, 7) is 13.1. The van der Waals surface area contributed by atoms with E-state index in [9.17, 15) is 9.59 Å². The quantitative estimate of drug-likeness (QED) is 0.658. The number of hydrogen-bond donors (Lipinski definition) is 2. The standard InChI is InChI=1S/C25H34N2O3S/c1-24(2,3)15-7-10-17(11-8-15)30-14-20(28)27-23-21(22(26)29)18-12-9-16(25(4,5)6)13-19(18)31-23/h7-8,10-11,16H,9,12-14H2,1-6H3,(H2,26,29)(H,27,28)/t16-/m1/s1. The molecule has 1 aliphatic carbocycles. The third-order valence-electron chi connectivity index (χ3n) is 6.08. The summed E-state index contributed by atoms with van der Waals surface area (Å²) in [7, 11) is 0. The number of benzene rings is 1. The number of carbonyl (C=O) groups is 2. The van der Waals surface area contributed by atoms with E-state index >= 15 is 0 Å². The fourth-order valence-electron chi connectivity index (χ4n) is 4.04. The maximum Gasteiger partial charge on any atom is 0.262 e. The zero-order valence-electron chi connectivity index (χ0n) is 19.4. The van der Waals surface area contributed by atoms with Gasteiger partial charge in [0.1, 0.15) is 10.8 Å². The Kier molecular flexibility index (Phi) is 6.51. The fourth-order valence-corrected chi connectivity index (χ4v) is 5.39. The summed E-state index contributed by atoms with van der Waals surface area (Å²) >= 11 is 1.48. The second kappa shape index (κ2) is 8.65. The lowest BCUT2D eigenvalue weighted by Crippen LogP contribution is -2.27. The highest BCUT2D eigenvalue weighted by Crippen LogP contribution is 2.44. The van der Waals surface area contributed by atoms with Crippen molar-refractivity contribution in [3.63, 3.8) is 0 Å². The Balaban J connectivity index is 1.69. The van der Waals surface area contributed by atoms with Crippen LogP contribution in [-0.2, 0) is 23.1 Å². The minimum atomic E-state index is -0.485. The molecule has 1 heterocycles. The molecular formula is C25H34N2O3S. The first-order chi connectivity index (χ1) is 14.4. The van der Waals surface area contributed by atoms with Gasteiger partial charge in [0.05, 0.1) is 5.56 Å². The van der Waals surface area contributed by atoms with Crippen molar-refractivity contribution in [2.45, 2.75) is 66.2 Å². The summed E-state index contributed by atoms with van der Waals surface area (Å²) in [5.74, 6) is 0.396. The number of nitrogens with two attached hydrogens (primary N) is 1. The van der Waals surface area contributed by atoms with Gasteiger partial charge in [-0.25, -0.2) is 0 Å². The summed E-state index contributed by atoms with van der Waals surface area (Å²) in [5, 5.41) is 3.41. The van der Waals surface area contributed by atoms with Gasteiger partial charge in [0.25, 0.3) is 11.8 Å². The van der Waals surface area contributed by atoms with Gasteiger partial charge in [-0.2, -0.15) is 0 Å².